The van der Waals surface area contributed by atoms with Gasteiger partial charge in [-0.3, -0.25) is 9.59 Å². The van der Waals surface area contributed by atoms with Crippen molar-refractivity contribution in [2.24, 2.45) is 5.92 Å². The van der Waals surface area contributed by atoms with E-state index >= 15 is 0 Å². The molecule has 0 unspecified atom stereocenters. The number of benzene rings is 1. The summed E-state index contributed by atoms with van der Waals surface area (Å²) in [5.74, 6) is -2.65. The maximum absolute atomic E-state index is 12.1. The molecule has 6 nitrogen and oxygen atoms in total. The van der Waals surface area contributed by atoms with E-state index < -0.39 is 17.6 Å². The number of hydrogen-bond acceptors (Lipinski definition) is 4. The highest BCUT2D eigenvalue weighted by atomic mass is 79.9. The van der Waals surface area contributed by atoms with Crippen LogP contribution >= 0.6 is 15.9 Å². The molecule has 0 aliphatic rings. The predicted molar refractivity (Wildman–Crippen MR) is 78.8 cm³/mol. The van der Waals surface area contributed by atoms with Gasteiger partial charge in [-0.05, 0) is 24.3 Å². The molecular formula is C14H11BrN4O2. The molecule has 2 aromatic rings. The zero-order chi connectivity index (χ0) is 15.4. The normalized spacial score (nSPS) is 11.5. The van der Waals surface area contributed by atoms with Gasteiger partial charge in [-0.1, -0.05) is 22.0 Å². The molecule has 1 N–H and O–H groups in total. The number of nitriles is 1. The quantitative estimate of drug-likeness (QED) is 0.674. The van der Waals surface area contributed by atoms with Crippen LogP contribution in [0.5, 0.6) is 0 Å². The lowest BCUT2D eigenvalue weighted by molar-refractivity contribution is -0.121. The van der Waals surface area contributed by atoms with E-state index in [0.717, 1.165) is 10.2 Å². The topological polar surface area (TPSA) is 87.8 Å². The lowest BCUT2D eigenvalue weighted by atomic mass is 10.0. The molecule has 0 saturated heterocycles. The molecule has 0 fully saturated rings. The van der Waals surface area contributed by atoms with E-state index in [1.807, 2.05) is 24.3 Å². The van der Waals surface area contributed by atoms with Crippen molar-refractivity contribution < 1.29 is 9.59 Å². The Morgan fingerprint density at radius 2 is 2.19 bits per heavy atom. The molecule has 2 rings (SSSR count). The summed E-state index contributed by atoms with van der Waals surface area (Å²) in [6.07, 6.45) is 1.60. The fourth-order valence-corrected chi connectivity index (χ4v) is 2.13. The number of aromatic nitrogens is 2. The highest BCUT2D eigenvalue weighted by molar-refractivity contribution is 9.10. The van der Waals surface area contributed by atoms with Crippen molar-refractivity contribution in [2.75, 3.05) is 7.05 Å². The Balaban J connectivity index is 2.30. The predicted octanol–water partition coefficient (Wildman–Crippen LogP) is 1.70. The van der Waals surface area contributed by atoms with E-state index in [2.05, 4.69) is 26.3 Å². The maximum atomic E-state index is 12.1. The van der Waals surface area contributed by atoms with Crippen LogP contribution in [-0.2, 0) is 4.79 Å². The van der Waals surface area contributed by atoms with Crippen LogP contribution in [-0.4, -0.2) is 28.5 Å². The molecule has 7 heteroatoms. The molecule has 0 aliphatic carbocycles. The molecule has 1 amide bonds. The van der Waals surface area contributed by atoms with E-state index in [1.165, 1.54) is 17.8 Å². The van der Waals surface area contributed by atoms with Gasteiger partial charge in [0.05, 0.1) is 11.8 Å². The fraction of sp³-hybridized carbons (Fsp3) is 0.143. The van der Waals surface area contributed by atoms with Gasteiger partial charge in [-0.15, -0.1) is 0 Å². The van der Waals surface area contributed by atoms with Gasteiger partial charge in [0.15, 0.2) is 5.92 Å². The Bertz CT molecular complexity index is 733. The van der Waals surface area contributed by atoms with Crippen molar-refractivity contribution in [3.8, 4) is 11.8 Å². The number of rotatable bonds is 4. The van der Waals surface area contributed by atoms with E-state index in [-0.39, 0.29) is 5.69 Å². The maximum Gasteiger partial charge on any atom is 0.245 e. The Hall–Kier alpha value is -2.46. The highest BCUT2D eigenvalue weighted by Gasteiger charge is 2.28. The van der Waals surface area contributed by atoms with E-state index in [9.17, 15) is 9.59 Å². The van der Waals surface area contributed by atoms with Crippen molar-refractivity contribution in [3.05, 3.63) is 46.7 Å². The van der Waals surface area contributed by atoms with Crippen LogP contribution in [0, 0.1) is 17.2 Å². The van der Waals surface area contributed by atoms with Crippen LogP contribution in [0.4, 0.5) is 0 Å². The van der Waals surface area contributed by atoms with E-state index in [1.54, 1.807) is 12.3 Å². The van der Waals surface area contributed by atoms with Gasteiger partial charge in [-0.2, -0.15) is 10.4 Å². The summed E-state index contributed by atoms with van der Waals surface area (Å²) < 4.78 is 2.39. The van der Waals surface area contributed by atoms with Crippen LogP contribution in [0.3, 0.4) is 0 Å². The van der Waals surface area contributed by atoms with Gasteiger partial charge >= 0.3 is 0 Å². The minimum Gasteiger partial charge on any atom is -0.358 e. The zero-order valence-electron chi connectivity index (χ0n) is 11.1. The summed E-state index contributed by atoms with van der Waals surface area (Å²) in [7, 11) is 1.38. The second kappa shape index (κ2) is 6.33. The average molecular weight is 347 g/mol. The first-order valence-corrected chi connectivity index (χ1v) is 6.83. The Kier molecular flexibility index (Phi) is 4.50. The minimum atomic E-state index is -1.39. The molecule has 0 radical (unpaired) electrons. The lowest BCUT2D eigenvalue weighted by Crippen LogP contribution is -2.32. The Morgan fingerprint density at radius 3 is 2.81 bits per heavy atom. The summed E-state index contributed by atoms with van der Waals surface area (Å²) in [5, 5.41) is 15.4. The van der Waals surface area contributed by atoms with Crippen LogP contribution < -0.4 is 5.32 Å². The fourth-order valence-electron chi connectivity index (χ4n) is 1.75. The molecule has 0 bridgehead atoms. The molecule has 21 heavy (non-hydrogen) atoms. The first kappa shape index (κ1) is 14.9. The number of ketones is 1. The SMILES string of the molecule is CNC(=O)[C@@H](C#N)C(=O)c1ccn(-c2cccc(Br)c2)n1. The minimum absolute atomic E-state index is 0.0742. The molecule has 0 spiro atoms. The summed E-state index contributed by atoms with van der Waals surface area (Å²) in [6, 6.07) is 10.5. The van der Waals surface area contributed by atoms with Gasteiger partial charge in [0.2, 0.25) is 11.7 Å². The standard InChI is InChI=1S/C14H11BrN4O2/c1-17-14(21)11(8-16)13(20)12-5-6-19(18-12)10-4-2-3-9(15)7-10/h2-7,11H,1H3,(H,17,21)/t11-/m0/s1. The number of hydrogen-bond donors (Lipinski definition) is 1. The average Bonchev–Trinajstić information content (AvgIpc) is 2.97. The third-order valence-electron chi connectivity index (χ3n) is 2.81. The smallest absolute Gasteiger partial charge is 0.245 e. The summed E-state index contributed by atoms with van der Waals surface area (Å²) in [6.45, 7) is 0. The third kappa shape index (κ3) is 3.17. The van der Waals surface area contributed by atoms with Crippen LogP contribution in [0.15, 0.2) is 41.0 Å². The monoisotopic (exact) mass is 346 g/mol. The van der Waals surface area contributed by atoms with Crippen molar-refractivity contribution in [3.63, 3.8) is 0 Å². The van der Waals surface area contributed by atoms with Crippen molar-refractivity contribution in [2.45, 2.75) is 0 Å². The molecule has 1 atom stereocenters. The molecule has 106 valence electrons. The molecule has 1 aromatic heterocycles. The van der Waals surface area contributed by atoms with Gasteiger partial charge < -0.3 is 5.32 Å². The van der Waals surface area contributed by atoms with Gasteiger partial charge in [0.1, 0.15) is 5.69 Å². The number of Topliss-reactive ketones (excluding diaryl/α,β-unsaturated/α-hetero) is 1. The highest BCUT2D eigenvalue weighted by Crippen LogP contribution is 2.16. The summed E-state index contributed by atoms with van der Waals surface area (Å²) in [4.78, 5) is 23.6. The Morgan fingerprint density at radius 1 is 1.43 bits per heavy atom. The first-order valence-electron chi connectivity index (χ1n) is 6.04. The third-order valence-corrected chi connectivity index (χ3v) is 3.31. The van der Waals surface area contributed by atoms with Crippen molar-refractivity contribution in [1.82, 2.24) is 15.1 Å². The summed E-state index contributed by atoms with van der Waals surface area (Å²) in [5.41, 5.74) is 0.835. The number of nitrogens with one attached hydrogen (secondary N) is 1. The van der Waals surface area contributed by atoms with Crippen LogP contribution in [0.25, 0.3) is 5.69 Å². The van der Waals surface area contributed by atoms with E-state index in [4.69, 9.17) is 5.26 Å². The number of carbonyl (C=O) groups excluding carboxylic acids is 2. The Labute approximate surface area is 129 Å². The number of halogens is 1. The van der Waals surface area contributed by atoms with Crippen molar-refractivity contribution in [1.29, 1.82) is 5.26 Å². The first-order chi connectivity index (χ1) is 10.1. The second-order valence-corrected chi connectivity index (χ2v) is 5.08. The molecule has 0 saturated carbocycles. The van der Waals surface area contributed by atoms with Crippen LogP contribution in [0.1, 0.15) is 10.5 Å². The van der Waals surface area contributed by atoms with E-state index in [0.29, 0.717) is 0 Å². The molecule has 1 heterocycles. The van der Waals surface area contributed by atoms with Gasteiger partial charge in [0, 0.05) is 17.7 Å². The number of nitrogens with zero attached hydrogens (tertiary/aromatic N) is 3. The molecular weight excluding hydrogens is 336 g/mol. The van der Waals surface area contributed by atoms with Crippen molar-refractivity contribution >= 4 is 27.6 Å². The second-order valence-electron chi connectivity index (χ2n) is 4.17. The molecule has 1 aromatic carbocycles. The molecule has 0 aliphatic heterocycles. The largest absolute Gasteiger partial charge is 0.358 e. The lowest BCUT2D eigenvalue weighted by Gasteiger charge is -2.04. The number of carbonyl (C=O) groups is 2. The summed E-state index contributed by atoms with van der Waals surface area (Å²) >= 11 is 3.35. The zero-order valence-corrected chi connectivity index (χ0v) is 12.7. The van der Waals surface area contributed by atoms with Gasteiger partial charge in [0.25, 0.3) is 0 Å². The number of amides is 1. The van der Waals surface area contributed by atoms with Gasteiger partial charge in [-0.25, -0.2) is 4.68 Å². The van der Waals surface area contributed by atoms with Crippen LogP contribution in [0.2, 0.25) is 0 Å².